The molecule has 4 nitrogen and oxygen atoms in total. The van der Waals surface area contributed by atoms with Crippen LogP contribution in [0.3, 0.4) is 0 Å². The number of para-hydroxylation sites is 2. The summed E-state index contributed by atoms with van der Waals surface area (Å²) in [6.07, 6.45) is 0. The number of benzene rings is 5. The number of hydrogen-bond donors (Lipinski definition) is 0. The molecule has 9 rings (SSSR count). The Labute approximate surface area is 236 Å². The van der Waals surface area contributed by atoms with Crippen LogP contribution in [0.15, 0.2) is 120 Å². The second-order valence-electron chi connectivity index (χ2n) is 11.4. The molecule has 5 aromatic carbocycles. The zero-order chi connectivity index (χ0) is 27.3. The molecule has 1 aliphatic rings. The maximum atomic E-state index is 6.32. The summed E-state index contributed by atoms with van der Waals surface area (Å²) in [7, 11) is 0. The molecule has 0 radical (unpaired) electrons. The molecule has 41 heavy (non-hydrogen) atoms. The average molecular weight is 528 g/mol. The van der Waals surface area contributed by atoms with E-state index < -0.39 is 0 Å². The van der Waals surface area contributed by atoms with E-state index in [4.69, 9.17) is 14.4 Å². The van der Waals surface area contributed by atoms with Gasteiger partial charge in [-0.05, 0) is 29.8 Å². The summed E-state index contributed by atoms with van der Waals surface area (Å²) >= 11 is 0. The molecular formula is C37H25N3O. The molecule has 0 aliphatic heterocycles. The van der Waals surface area contributed by atoms with Crippen LogP contribution >= 0.6 is 0 Å². The molecule has 0 spiro atoms. The minimum atomic E-state index is -0.277. The van der Waals surface area contributed by atoms with Crippen LogP contribution in [0.25, 0.3) is 72.2 Å². The standard InChI is InChI=1S/C37H25N3O/c1-37(2)28-17-9-6-16-25(28)34-33(37)36(39-35(38-34)22-12-4-3-5-13-22)40-29-18-10-7-14-23(29)26-21-32-27(20-30(26)40)24-15-8-11-19-31(24)41-32/h3-21H,1-2H3. The van der Waals surface area contributed by atoms with Gasteiger partial charge in [0.2, 0.25) is 0 Å². The smallest absolute Gasteiger partial charge is 0.162 e. The van der Waals surface area contributed by atoms with Gasteiger partial charge >= 0.3 is 0 Å². The summed E-state index contributed by atoms with van der Waals surface area (Å²) in [5.74, 6) is 1.65. The molecule has 0 N–H and O–H groups in total. The molecule has 3 aromatic heterocycles. The lowest BCUT2D eigenvalue weighted by Gasteiger charge is -2.24. The number of hydrogen-bond acceptors (Lipinski definition) is 3. The minimum absolute atomic E-state index is 0.277. The van der Waals surface area contributed by atoms with E-state index in [9.17, 15) is 0 Å². The third-order valence-electron chi connectivity index (χ3n) is 8.79. The molecule has 194 valence electrons. The highest BCUT2D eigenvalue weighted by atomic mass is 16.3. The van der Waals surface area contributed by atoms with Crippen molar-refractivity contribution in [2.45, 2.75) is 19.3 Å². The lowest BCUT2D eigenvalue weighted by atomic mass is 9.82. The molecule has 0 saturated heterocycles. The van der Waals surface area contributed by atoms with E-state index in [0.29, 0.717) is 0 Å². The Bertz CT molecular complexity index is 2340. The number of rotatable bonds is 2. The van der Waals surface area contributed by atoms with Crippen LogP contribution in [-0.4, -0.2) is 14.5 Å². The second-order valence-corrected chi connectivity index (χ2v) is 11.4. The van der Waals surface area contributed by atoms with Crippen molar-refractivity contribution < 1.29 is 4.42 Å². The molecular weight excluding hydrogens is 502 g/mol. The number of fused-ring (bicyclic) bond motifs is 9. The van der Waals surface area contributed by atoms with Gasteiger partial charge in [-0.3, -0.25) is 4.57 Å². The maximum absolute atomic E-state index is 6.32. The van der Waals surface area contributed by atoms with Gasteiger partial charge in [-0.15, -0.1) is 0 Å². The Kier molecular flexibility index (Phi) is 4.36. The lowest BCUT2D eigenvalue weighted by Crippen LogP contribution is -2.19. The molecule has 3 heterocycles. The third kappa shape index (κ3) is 2.99. The summed E-state index contributed by atoms with van der Waals surface area (Å²) in [5, 5.41) is 4.54. The van der Waals surface area contributed by atoms with Crippen molar-refractivity contribution in [3.05, 3.63) is 126 Å². The number of furan rings is 1. The predicted octanol–water partition coefficient (Wildman–Crippen LogP) is 9.45. The monoisotopic (exact) mass is 527 g/mol. The van der Waals surface area contributed by atoms with Gasteiger partial charge in [0.05, 0.1) is 16.7 Å². The Hall–Kier alpha value is -5.22. The third-order valence-corrected chi connectivity index (χ3v) is 8.79. The van der Waals surface area contributed by atoms with Crippen molar-refractivity contribution in [2.24, 2.45) is 0 Å². The second kappa shape index (κ2) is 7.92. The zero-order valence-corrected chi connectivity index (χ0v) is 22.7. The average Bonchev–Trinajstić information content (AvgIpc) is 3.62. The highest BCUT2D eigenvalue weighted by Gasteiger charge is 2.40. The fourth-order valence-electron chi connectivity index (χ4n) is 6.88. The van der Waals surface area contributed by atoms with E-state index in [2.05, 4.69) is 103 Å². The van der Waals surface area contributed by atoms with Crippen molar-refractivity contribution >= 4 is 43.7 Å². The van der Waals surface area contributed by atoms with Crippen LogP contribution in [-0.2, 0) is 5.41 Å². The molecule has 0 bridgehead atoms. The van der Waals surface area contributed by atoms with E-state index >= 15 is 0 Å². The Morgan fingerprint density at radius 3 is 2.22 bits per heavy atom. The van der Waals surface area contributed by atoms with Crippen molar-refractivity contribution in [3.63, 3.8) is 0 Å². The Morgan fingerprint density at radius 2 is 1.34 bits per heavy atom. The van der Waals surface area contributed by atoms with E-state index in [1.807, 2.05) is 30.3 Å². The van der Waals surface area contributed by atoms with Crippen LogP contribution in [0.5, 0.6) is 0 Å². The van der Waals surface area contributed by atoms with Crippen LogP contribution in [0.2, 0.25) is 0 Å². The van der Waals surface area contributed by atoms with E-state index in [-0.39, 0.29) is 5.41 Å². The molecule has 0 unspecified atom stereocenters. The van der Waals surface area contributed by atoms with Gasteiger partial charge in [0.1, 0.15) is 17.0 Å². The fraction of sp³-hybridized carbons (Fsp3) is 0.0811. The molecule has 0 amide bonds. The van der Waals surface area contributed by atoms with Gasteiger partial charge in [-0.25, -0.2) is 9.97 Å². The summed E-state index contributed by atoms with van der Waals surface area (Å²) < 4.78 is 8.67. The topological polar surface area (TPSA) is 43.9 Å². The summed E-state index contributed by atoms with van der Waals surface area (Å²) in [4.78, 5) is 10.6. The SMILES string of the molecule is CC1(C)c2ccccc2-c2nc(-c3ccccc3)nc(-n3c4ccccc4c4cc5oc6ccccc6c5cc43)c21. The first-order valence-corrected chi connectivity index (χ1v) is 14.0. The summed E-state index contributed by atoms with van der Waals surface area (Å²) in [6.45, 7) is 4.59. The van der Waals surface area contributed by atoms with Crippen molar-refractivity contribution in [3.8, 4) is 28.5 Å². The highest BCUT2D eigenvalue weighted by Crippen LogP contribution is 2.51. The first-order valence-electron chi connectivity index (χ1n) is 14.0. The molecule has 0 atom stereocenters. The molecule has 0 saturated carbocycles. The van der Waals surface area contributed by atoms with Gasteiger partial charge < -0.3 is 4.42 Å². The maximum Gasteiger partial charge on any atom is 0.162 e. The summed E-state index contributed by atoms with van der Waals surface area (Å²) in [5.41, 5.74) is 9.36. The highest BCUT2D eigenvalue weighted by molar-refractivity contribution is 6.17. The molecule has 4 heteroatoms. The van der Waals surface area contributed by atoms with Gasteiger partial charge in [-0.2, -0.15) is 0 Å². The van der Waals surface area contributed by atoms with E-state index in [1.165, 1.54) is 16.5 Å². The van der Waals surface area contributed by atoms with Crippen molar-refractivity contribution in [1.29, 1.82) is 0 Å². The largest absolute Gasteiger partial charge is 0.456 e. The fourth-order valence-corrected chi connectivity index (χ4v) is 6.88. The minimum Gasteiger partial charge on any atom is -0.456 e. The van der Waals surface area contributed by atoms with E-state index in [1.54, 1.807) is 0 Å². The number of nitrogens with zero attached hydrogens (tertiary/aromatic N) is 3. The van der Waals surface area contributed by atoms with Gasteiger partial charge in [0.15, 0.2) is 5.82 Å². The Morgan fingerprint density at radius 1 is 0.610 bits per heavy atom. The van der Waals surface area contributed by atoms with Gasteiger partial charge in [-0.1, -0.05) is 105 Å². The molecule has 8 aromatic rings. The van der Waals surface area contributed by atoms with Crippen LogP contribution in [0.1, 0.15) is 25.0 Å². The van der Waals surface area contributed by atoms with Crippen LogP contribution < -0.4 is 0 Å². The van der Waals surface area contributed by atoms with Crippen molar-refractivity contribution in [1.82, 2.24) is 14.5 Å². The van der Waals surface area contributed by atoms with Crippen molar-refractivity contribution in [2.75, 3.05) is 0 Å². The predicted molar refractivity (Wildman–Crippen MR) is 167 cm³/mol. The van der Waals surface area contributed by atoms with E-state index in [0.717, 1.165) is 66.8 Å². The number of aromatic nitrogens is 3. The zero-order valence-electron chi connectivity index (χ0n) is 22.7. The Balaban J connectivity index is 1.47. The lowest BCUT2D eigenvalue weighted by molar-refractivity contribution is 0.650. The first-order chi connectivity index (χ1) is 20.1. The van der Waals surface area contributed by atoms with Crippen LogP contribution in [0, 0.1) is 0 Å². The van der Waals surface area contributed by atoms with Gasteiger partial charge in [0.25, 0.3) is 0 Å². The quantitative estimate of drug-likeness (QED) is 0.225. The van der Waals surface area contributed by atoms with Gasteiger partial charge in [0, 0.05) is 43.7 Å². The first kappa shape index (κ1) is 22.6. The molecule has 1 aliphatic carbocycles. The molecule has 0 fully saturated rings. The van der Waals surface area contributed by atoms with Crippen LogP contribution in [0.4, 0.5) is 0 Å². The normalized spacial score (nSPS) is 13.8. The summed E-state index contributed by atoms with van der Waals surface area (Å²) in [6, 6.07) is 40.3.